The first-order valence-electron chi connectivity index (χ1n) is 5.76. The molecule has 0 spiro atoms. The Morgan fingerprint density at radius 2 is 1.78 bits per heavy atom. The molecule has 3 heteroatoms. The molecule has 0 radical (unpaired) electrons. The van der Waals surface area contributed by atoms with Gasteiger partial charge in [0, 0.05) is 9.50 Å². The van der Waals surface area contributed by atoms with Crippen molar-refractivity contribution in [2.75, 3.05) is 0 Å². The van der Waals surface area contributed by atoms with Crippen molar-refractivity contribution < 1.29 is 0 Å². The minimum Gasteiger partial charge on any atom is -0.320 e. The zero-order valence-corrected chi connectivity index (χ0v) is 12.7. The van der Waals surface area contributed by atoms with E-state index in [1.165, 1.54) is 11.1 Å². The minimum atomic E-state index is -0.199. The lowest BCUT2D eigenvalue weighted by Crippen LogP contribution is -2.14. The Morgan fingerprint density at radius 3 is 2.44 bits per heavy atom. The topological polar surface area (TPSA) is 26.0 Å². The van der Waals surface area contributed by atoms with Gasteiger partial charge in [-0.1, -0.05) is 51.3 Å². The summed E-state index contributed by atoms with van der Waals surface area (Å²) < 4.78 is 0.988. The number of halogens is 2. The molecule has 1 nitrogen and oxygen atoms in total. The third-order valence-corrected chi connectivity index (χ3v) is 3.89. The van der Waals surface area contributed by atoms with E-state index in [-0.39, 0.29) is 6.04 Å². The summed E-state index contributed by atoms with van der Waals surface area (Å²) in [5, 5.41) is 0.700. The molecular weight excluding hydrogens is 310 g/mol. The first-order chi connectivity index (χ1) is 8.49. The summed E-state index contributed by atoms with van der Waals surface area (Å²) in [4.78, 5) is 0. The van der Waals surface area contributed by atoms with Gasteiger partial charge < -0.3 is 5.73 Å². The van der Waals surface area contributed by atoms with E-state index >= 15 is 0 Å². The second-order valence-corrected chi connectivity index (χ2v) is 5.83. The SMILES string of the molecule is Cc1ccc(C(N)c2cc(Br)ccc2Cl)c(C)c1. The third kappa shape index (κ3) is 2.77. The number of benzene rings is 2. The molecule has 18 heavy (non-hydrogen) atoms. The Labute approximate surface area is 121 Å². The van der Waals surface area contributed by atoms with E-state index in [1.807, 2.05) is 18.2 Å². The van der Waals surface area contributed by atoms with Gasteiger partial charge in [-0.25, -0.2) is 0 Å². The average molecular weight is 325 g/mol. The van der Waals surface area contributed by atoms with Crippen LogP contribution in [-0.4, -0.2) is 0 Å². The van der Waals surface area contributed by atoms with Crippen LogP contribution in [0, 0.1) is 13.8 Å². The molecule has 0 fully saturated rings. The maximum absolute atomic E-state index is 6.33. The van der Waals surface area contributed by atoms with E-state index in [9.17, 15) is 0 Å². The lowest BCUT2D eigenvalue weighted by Gasteiger charge is -2.17. The van der Waals surface area contributed by atoms with Crippen LogP contribution < -0.4 is 5.73 Å². The van der Waals surface area contributed by atoms with Crippen LogP contribution in [-0.2, 0) is 0 Å². The number of nitrogens with two attached hydrogens (primary N) is 1. The predicted octanol–water partition coefficient (Wildman–Crippen LogP) is 4.77. The number of aryl methyl sites for hydroxylation is 2. The standard InChI is InChI=1S/C15H15BrClN/c1-9-3-5-12(10(2)7-9)15(18)13-8-11(16)4-6-14(13)17/h3-8,15H,18H2,1-2H3. The van der Waals surface area contributed by atoms with Gasteiger partial charge in [0.2, 0.25) is 0 Å². The number of hydrogen-bond donors (Lipinski definition) is 1. The molecule has 94 valence electrons. The summed E-state index contributed by atoms with van der Waals surface area (Å²) in [6.45, 7) is 4.16. The van der Waals surface area contributed by atoms with Gasteiger partial charge >= 0.3 is 0 Å². The molecule has 0 amide bonds. The fourth-order valence-corrected chi connectivity index (χ4v) is 2.71. The Kier molecular flexibility index (Phi) is 4.10. The largest absolute Gasteiger partial charge is 0.320 e. The van der Waals surface area contributed by atoms with Crippen molar-refractivity contribution in [3.63, 3.8) is 0 Å². The van der Waals surface area contributed by atoms with Gasteiger partial charge in [0.05, 0.1) is 6.04 Å². The quantitative estimate of drug-likeness (QED) is 0.846. The Bertz CT molecular complexity index is 581. The highest BCUT2D eigenvalue weighted by Crippen LogP contribution is 2.30. The Balaban J connectivity index is 2.47. The monoisotopic (exact) mass is 323 g/mol. The zero-order chi connectivity index (χ0) is 13.3. The van der Waals surface area contributed by atoms with E-state index in [4.69, 9.17) is 17.3 Å². The van der Waals surface area contributed by atoms with Crippen LogP contribution in [0.5, 0.6) is 0 Å². The molecule has 2 N–H and O–H groups in total. The second kappa shape index (κ2) is 5.43. The van der Waals surface area contributed by atoms with Crippen LogP contribution in [0.25, 0.3) is 0 Å². The molecule has 2 aromatic rings. The Hall–Kier alpha value is -0.830. The molecular formula is C15H15BrClN. The molecule has 0 saturated carbocycles. The lowest BCUT2D eigenvalue weighted by molar-refractivity contribution is 0.860. The molecule has 0 aliphatic heterocycles. The van der Waals surface area contributed by atoms with Crippen LogP contribution in [0.4, 0.5) is 0 Å². The smallest absolute Gasteiger partial charge is 0.0569 e. The van der Waals surface area contributed by atoms with Gasteiger partial charge in [-0.3, -0.25) is 0 Å². The maximum atomic E-state index is 6.33. The van der Waals surface area contributed by atoms with Gasteiger partial charge in [0.25, 0.3) is 0 Å². The molecule has 0 aliphatic carbocycles. The van der Waals surface area contributed by atoms with Crippen molar-refractivity contribution in [3.8, 4) is 0 Å². The number of hydrogen-bond acceptors (Lipinski definition) is 1. The molecule has 2 rings (SSSR count). The van der Waals surface area contributed by atoms with Crippen molar-refractivity contribution in [2.45, 2.75) is 19.9 Å². The van der Waals surface area contributed by atoms with Crippen molar-refractivity contribution in [1.82, 2.24) is 0 Å². The summed E-state index contributed by atoms with van der Waals surface area (Å²) in [5.41, 5.74) is 10.8. The molecule has 0 saturated heterocycles. The van der Waals surface area contributed by atoms with Gasteiger partial charge in [-0.05, 0) is 48.7 Å². The summed E-state index contributed by atoms with van der Waals surface area (Å²) in [5.74, 6) is 0. The molecule has 0 aliphatic rings. The lowest BCUT2D eigenvalue weighted by atomic mass is 9.94. The normalized spacial score (nSPS) is 12.5. The van der Waals surface area contributed by atoms with E-state index in [2.05, 4.69) is 48.0 Å². The summed E-state index contributed by atoms with van der Waals surface area (Å²) >= 11 is 9.68. The van der Waals surface area contributed by atoms with Crippen LogP contribution in [0.3, 0.4) is 0 Å². The minimum absolute atomic E-state index is 0.199. The predicted molar refractivity (Wildman–Crippen MR) is 81.1 cm³/mol. The van der Waals surface area contributed by atoms with Gasteiger partial charge in [-0.15, -0.1) is 0 Å². The zero-order valence-electron chi connectivity index (χ0n) is 10.4. The molecule has 1 atom stereocenters. The molecule has 0 bridgehead atoms. The van der Waals surface area contributed by atoms with Gasteiger partial charge in [0.15, 0.2) is 0 Å². The van der Waals surface area contributed by atoms with Crippen molar-refractivity contribution in [3.05, 3.63) is 68.1 Å². The average Bonchev–Trinajstić information content (AvgIpc) is 2.31. The van der Waals surface area contributed by atoms with E-state index in [0.717, 1.165) is 15.6 Å². The fourth-order valence-electron chi connectivity index (χ4n) is 2.10. The third-order valence-electron chi connectivity index (χ3n) is 3.05. The highest BCUT2D eigenvalue weighted by atomic mass is 79.9. The highest BCUT2D eigenvalue weighted by Gasteiger charge is 2.14. The van der Waals surface area contributed by atoms with Crippen LogP contribution in [0.2, 0.25) is 5.02 Å². The van der Waals surface area contributed by atoms with Crippen molar-refractivity contribution in [2.24, 2.45) is 5.73 Å². The maximum Gasteiger partial charge on any atom is 0.0569 e. The molecule has 2 aromatic carbocycles. The first kappa shape index (κ1) is 13.6. The number of rotatable bonds is 2. The van der Waals surface area contributed by atoms with Gasteiger partial charge in [-0.2, -0.15) is 0 Å². The highest BCUT2D eigenvalue weighted by molar-refractivity contribution is 9.10. The van der Waals surface area contributed by atoms with E-state index in [1.54, 1.807) is 0 Å². The van der Waals surface area contributed by atoms with Crippen molar-refractivity contribution >= 4 is 27.5 Å². The molecule has 0 heterocycles. The van der Waals surface area contributed by atoms with Crippen molar-refractivity contribution in [1.29, 1.82) is 0 Å². The van der Waals surface area contributed by atoms with E-state index in [0.29, 0.717) is 5.02 Å². The first-order valence-corrected chi connectivity index (χ1v) is 6.94. The van der Waals surface area contributed by atoms with Crippen LogP contribution in [0.15, 0.2) is 40.9 Å². The fraction of sp³-hybridized carbons (Fsp3) is 0.200. The van der Waals surface area contributed by atoms with Crippen LogP contribution >= 0.6 is 27.5 Å². The molecule has 1 unspecified atom stereocenters. The summed E-state index contributed by atoms with van der Waals surface area (Å²) in [6, 6.07) is 11.9. The molecule has 0 aromatic heterocycles. The van der Waals surface area contributed by atoms with E-state index < -0.39 is 0 Å². The second-order valence-electron chi connectivity index (χ2n) is 4.50. The summed E-state index contributed by atoms with van der Waals surface area (Å²) in [6.07, 6.45) is 0. The van der Waals surface area contributed by atoms with Gasteiger partial charge in [0.1, 0.15) is 0 Å². The van der Waals surface area contributed by atoms with Crippen LogP contribution in [0.1, 0.15) is 28.3 Å². The Morgan fingerprint density at radius 1 is 1.06 bits per heavy atom. The summed E-state index contributed by atoms with van der Waals surface area (Å²) in [7, 11) is 0.